The Bertz CT molecular complexity index is 1000. The van der Waals surface area contributed by atoms with Gasteiger partial charge in [0, 0.05) is 16.8 Å². The van der Waals surface area contributed by atoms with Gasteiger partial charge in [0.1, 0.15) is 5.01 Å². The standard InChI is InChI=1S/C18H17N5OS3/c1-10-4-5-13(6-11(10)2)21-17-22-23-18(27-17)26-9-15(24)14(7-19)16-20-12(3)8-25-16/h4-6,8,14H,9H2,1-3H3,(H,21,22). The third kappa shape index (κ3) is 4.91. The van der Waals surface area contributed by atoms with Gasteiger partial charge in [-0.1, -0.05) is 29.2 Å². The maximum Gasteiger partial charge on any atom is 0.210 e. The van der Waals surface area contributed by atoms with E-state index in [-0.39, 0.29) is 11.5 Å². The Morgan fingerprint density at radius 2 is 2.11 bits per heavy atom. The van der Waals surface area contributed by atoms with Crippen molar-refractivity contribution in [2.75, 3.05) is 11.1 Å². The molecule has 0 aliphatic carbocycles. The largest absolute Gasteiger partial charge is 0.330 e. The third-order valence-electron chi connectivity index (χ3n) is 3.84. The summed E-state index contributed by atoms with van der Waals surface area (Å²) in [4.78, 5) is 16.6. The summed E-state index contributed by atoms with van der Waals surface area (Å²) < 4.78 is 0.682. The number of aromatic nitrogens is 3. The summed E-state index contributed by atoms with van der Waals surface area (Å²) in [7, 11) is 0. The number of rotatable bonds is 7. The topological polar surface area (TPSA) is 91.6 Å². The summed E-state index contributed by atoms with van der Waals surface area (Å²) in [5, 5.41) is 23.8. The highest BCUT2D eigenvalue weighted by molar-refractivity contribution is 8.01. The second-order valence-corrected chi connectivity index (χ2v) is 9.03. The zero-order valence-electron chi connectivity index (χ0n) is 15.0. The Labute approximate surface area is 169 Å². The van der Waals surface area contributed by atoms with Crippen LogP contribution in [-0.2, 0) is 4.79 Å². The zero-order chi connectivity index (χ0) is 19.4. The Hall–Kier alpha value is -2.28. The predicted molar refractivity (Wildman–Crippen MR) is 110 cm³/mol. The molecule has 0 aliphatic rings. The second kappa shape index (κ2) is 8.61. The molecule has 0 amide bonds. The molecule has 0 saturated heterocycles. The number of carbonyl (C=O) groups excluding carboxylic acids is 1. The average Bonchev–Trinajstić information content (AvgIpc) is 3.26. The summed E-state index contributed by atoms with van der Waals surface area (Å²) >= 11 is 4.01. The molecule has 3 aromatic rings. The van der Waals surface area contributed by atoms with Crippen molar-refractivity contribution in [3.8, 4) is 6.07 Å². The number of ketones is 1. The van der Waals surface area contributed by atoms with Crippen molar-refractivity contribution in [2.24, 2.45) is 0 Å². The molecule has 9 heteroatoms. The van der Waals surface area contributed by atoms with Crippen LogP contribution in [0.25, 0.3) is 0 Å². The fourth-order valence-corrected chi connectivity index (χ4v) is 4.79. The average molecular weight is 416 g/mol. The number of anilines is 2. The number of thioether (sulfide) groups is 1. The van der Waals surface area contributed by atoms with Crippen molar-refractivity contribution >= 4 is 51.0 Å². The van der Waals surface area contributed by atoms with Crippen LogP contribution >= 0.6 is 34.4 Å². The Balaban J connectivity index is 1.59. The zero-order valence-corrected chi connectivity index (χ0v) is 17.5. The van der Waals surface area contributed by atoms with Crippen molar-refractivity contribution < 1.29 is 4.79 Å². The third-order valence-corrected chi connectivity index (χ3v) is 6.86. The molecule has 0 saturated carbocycles. The van der Waals surface area contributed by atoms with Gasteiger partial charge in [-0.2, -0.15) is 5.26 Å². The van der Waals surface area contributed by atoms with E-state index in [2.05, 4.69) is 52.5 Å². The van der Waals surface area contributed by atoms with Crippen LogP contribution in [0.3, 0.4) is 0 Å². The number of hydrogen-bond donors (Lipinski definition) is 1. The van der Waals surface area contributed by atoms with Crippen LogP contribution < -0.4 is 5.32 Å². The van der Waals surface area contributed by atoms with Crippen LogP contribution in [0.2, 0.25) is 0 Å². The van der Waals surface area contributed by atoms with Gasteiger partial charge in [-0.05, 0) is 44.0 Å². The van der Waals surface area contributed by atoms with Crippen LogP contribution in [0.15, 0.2) is 27.9 Å². The van der Waals surface area contributed by atoms with Crippen LogP contribution in [0, 0.1) is 32.1 Å². The number of nitrogens with one attached hydrogen (secondary N) is 1. The molecule has 138 valence electrons. The second-order valence-electron chi connectivity index (χ2n) is 5.94. The first kappa shape index (κ1) is 19.5. The first-order valence-electron chi connectivity index (χ1n) is 8.11. The van der Waals surface area contributed by atoms with Gasteiger partial charge < -0.3 is 5.32 Å². The monoisotopic (exact) mass is 415 g/mol. The fraction of sp³-hybridized carbons (Fsp3) is 0.278. The van der Waals surface area contributed by atoms with Crippen LogP contribution in [0.1, 0.15) is 27.7 Å². The minimum absolute atomic E-state index is 0.162. The highest BCUT2D eigenvalue weighted by Crippen LogP contribution is 2.30. The normalized spacial score (nSPS) is 11.8. The van der Waals surface area contributed by atoms with Gasteiger partial charge in [0.2, 0.25) is 5.13 Å². The first-order valence-corrected chi connectivity index (χ1v) is 10.8. The Kier molecular flexibility index (Phi) is 6.21. The lowest BCUT2D eigenvalue weighted by molar-refractivity contribution is -0.116. The molecule has 0 radical (unpaired) electrons. The molecule has 0 bridgehead atoms. The van der Waals surface area contributed by atoms with E-state index in [1.807, 2.05) is 18.4 Å². The van der Waals surface area contributed by atoms with Gasteiger partial charge in [-0.25, -0.2) is 4.98 Å². The highest BCUT2D eigenvalue weighted by atomic mass is 32.2. The van der Waals surface area contributed by atoms with E-state index >= 15 is 0 Å². The molecule has 3 rings (SSSR count). The highest BCUT2D eigenvalue weighted by Gasteiger charge is 2.23. The first-order chi connectivity index (χ1) is 13.0. The van der Waals surface area contributed by atoms with E-state index in [4.69, 9.17) is 0 Å². The summed E-state index contributed by atoms with van der Waals surface area (Å²) in [5.74, 6) is -0.831. The molecule has 2 heterocycles. The summed E-state index contributed by atoms with van der Waals surface area (Å²) in [5.41, 5.74) is 4.20. The number of nitriles is 1. The van der Waals surface area contributed by atoms with E-state index in [0.717, 1.165) is 11.4 Å². The summed E-state index contributed by atoms with van der Waals surface area (Å²) in [6.07, 6.45) is 0. The van der Waals surface area contributed by atoms with Gasteiger partial charge in [-0.15, -0.1) is 21.5 Å². The fourth-order valence-electron chi connectivity index (χ4n) is 2.25. The number of aryl methyl sites for hydroxylation is 3. The van der Waals surface area contributed by atoms with E-state index < -0.39 is 5.92 Å². The number of benzene rings is 1. The lowest BCUT2D eigenvalue weighted by Crippen LogP contribution is -2.13. The van der Waals surface area contributed by atoms with Crippen LogP contribution in [0.4, 0.5) is 10.8 Å². The molecule has 1 N–H and O–H groups in total. The minimum Gasteiger partial charge on any atom is -0.330 e. The maximum absolute atomic E-state index is 12.4. The Morgan fingerprint density at radius 1 is 1.30 bits per heavy atom. The molecule has 1 atom stereocenters. The number of hydrogen-bond acceptors (Lipinski definition) is 9. The minimum atomic E-state index is -0.822. The van der Waals surface area contributed by atoms with Gasteiger partial charge in [0.25, 0.3) is 0 Å². The quantitative estimate of drug-likeness (QED) is 0.562. The Morgan fingerprint density at radius 3 is 2.78 bits per heavy atom. The number of thiazole rings is 1. The van der Waals surface area contributed by atoms with Crippen molar-refractivity contribution in [3.63, 3.8) is 0 Å². The van der Waals surface area contributed by atoms with Crippen molar-refractivity contribution in [2.45, 2.75) is 31.0 Å². The molecule has 0 spiro atoms. The van der Waals surface area contributed by atoms with Gasteiger partial charge in [0.15, 0.2) is 16.0 Å². The summed E-state index contributed by atoms with van der Waals surface area (Å²) in [6, 6.07) is 8.16. The lowest BCUT2D eigenvalue weighted by atomic mass is 10.1. The smallest absolute Gasteiger partial charge is 0.210 e. The number of Topliss-reactive ketones (excluding diaryl/α,β-unsaturated/α-hetero) is 1. The molecular weight excluding hydrogens is 398 g/mol. The molecule has 0 fully saturated rings. The summed E-state index contributed by atoms with van der Waals surface area (Å²) in [6.45, 7) is 5.97. The van der Waals surface area contributed by atoms with Gasteiger partial charge in [0.05, 0.1) is 11.8 Å². The number of carbonyl (C=O) groups is 1. The van der Waals surface area contributed by atoms with Crippen LogP contribution in [0.5, 0.6) is 0 Å². The number of nitrogens with zero attached hydrogens (tertiary/aromatic N) is 4. The molecule has 1 aromatic carbocycles. The molecule has 1 unspecified atom stereocenters. The SMILES string of the molecule is Cc1csc(C(C#N)C(=O)CSc2nnc(Nc3ccc(C)c(C)c3)s2)n1. The molecule has 27 heavy (non-hydrogen) atoms. The lowest BCUT2D eigenvalue weighted by Gasteiger charge is -2.05. The van der Waals surface area contributed by atoms with Crippen molar-refractivity contribution in [1.29, 1.82) is 5.26 Å². The molecule has 2 aromatic heterocycles. The predicted octanol–water partition coefficient (Wildman–Crippen LogP) is 4.63. The maximum atomic E-state index is 12.4. The molecular formula is C18H17N5OS3. The van der Waals surface area contributed by atoms with Gasteiger partial charge in [-0.3, -0.25) is 4.79 Å². The van der Waals surface area contributed by atoms with Crippen LogP contribution in [-0.4, -0.2) is 26.7 Å². The molecule has 6 nitrogen and oxygen atoms in total. The van der Waals surface area contributed by atoms with Crippen molar-refractivity contribution in [1.82, 2.24) is 15.2 Å². The van der Waals surface area contributed by atoms with Crippen molar-refractivity contribution in [3.05, 3.63) is 45.4 Å². The van der Waals surface area contributed by atoms with Gasteiger partial charge >= 0.3 is 0 Å². The van der Waals surface area contributed by atoms with E-state index in [9.17, 15) is 10.1 Å². The van der Waals surface area contributed by atoms with E-state index in [0.29, 0.717) is 14.5 Å². The van der Waals surface area contributed by atoms with E-state index in [1.54, 1.807) is 0 Å². The molecule has 0 aliphatic heterocycles. The van der Waals surface area contributed by atoms with E-state index in [1.165, 1.54) is 45.6 Å².